The second-order valence-electron chi connectivity index (χ2n) is 8.83. The third kappa shape index (κ3) is 6.91. The Morgan fingerprint density at radius 1 is 1.06 bits per heavy atom. The number of carbonyl (C=O) groups is 1. The predicted molar refractivity (Wildman–Crippen MR) is 122 cm³/mol. The van der Waals surface area contributed by atoms with Gasteiger partial charge in [-0.25, -0.2) is 12.8 Å². The minimum atomic E-state index is -3.41. The van der Waals surface area contributed by atoms with Gasteiger partial charge in [-0.3, -0.25) is 4.79 Å². The first-order valence-electron chi connectivity index (χ1n) is 11.6. The summed E-state index contributed by atoms with van der Waals surface area (Å²) in [5, 5.41) is 2.85. The van der Waals surface area contributed by atoms with Crippen LogP contribution in [0.5, 0.6) is 0 Å². The van der Waals surface area contributed by atoms with Gasteiger partial charge < -0.3 is 10.2 Å². The Morgan fingerprint density at radius 2 is 1.71 bits per heavy atom. The van der Waals surface area contributed by atoms with Crippen molar-refractivity contribution in [2.75, 3.05) is 43.4 Å². The molecule has 1 aliphatic heterocycles. The average molecular weight is 454 g/mol. The van der Waals surface area contributed by atoms with Crippen molar-refractivity contribution >= 4 is 21.6 Å². The monoisotopic (exact) mass is 453 g/mol. The highest BCUT2D eigenvalue weighted by atomic mass is 32.2. The van der Waals surface area contributed by atoms with Gasteiger partial charge in [0.25, 0.3) is 0 Å². The molecule has 1 amide bonds. The summed E-state index contributed by atoms with van der Waals surface area (Å²) in [5.74, 6) is 0.431. The van der Waals surface area contributed by atoms with Crippen molar-refractivity contribution < 1.29 is 17.6 Å². The summed E-state index contributed by atoms with van der Waals surface area (Å²) in [7, 11) is -3.41. The molecule has 31 heavy (non-hydrogen) atoms. The van der Waals surface area contributed by atoms with Gasteiger partial charge in [-0.15, -0.1) is 0 Å². The molecule has 2 fully saturated rings. The fraction of sp³-hybridized carbons (Fsp3) is 0.696. The first kappa shape index (κ1) is 24.0. The van der Waals surface area contributed by atoms with E-state index in [0.717, 1.165) is 37.3 Å². The van der Waals surface area contributed by atoms with Crippen LogP contribution >= 0.6 is 0 Å². The lowest BCUT2D eigenvalue weighted by molar-refractivity contribution is -0.126. The average Bonchev–Trinajstić information content (AvgIpc) is 2.78. The highest BCUT2D eigenvalue weighted by molar-refractivity contribution is 7.89. The van der Waals surface area contributed by atoms with E-state index in [2.05, 4.69) is 17.1 Å². The Labute approximate surface area is 186 Å². The lowest BCUT2D eigenvalue weighted by atomic mass is 9.79. The maximum Gasteiger partial charge on any atom is 0.223 e. The summed E-state index contributed by atoms with van der Waals surface area (Å²) in [6, 6.07) is 6.26. The molecule has 0 radical (unpaired) electrons. The lowest BCUT2D eigenvalue weighted by Gasteiger charge is -2.35. The van der Waals surface area contributed by atoms with Gasteiger partial charge in [0.2, 0.25) is 15.9 Å². The second kappa shape index (κ2) is 11.3. The number of amides is 1. The summed E-state index contributed by atoms with van der Waals surface area (Å²) < 4.78 is 40.0. The van der Waals surface area contributed by atoms with Crippen LogP contribution in [0, 0.1) is 17.7 Å². The molecule has 8 heteroatoms. The lowest BCUT2D eigenvalue weighted by Crippen LogP contribution is -2.50. The number of anilines is 1. The topological polar surface area (TPSA) is 69.7 Å². The Hall–Kier alpha value is -1.67. The minimum Gasteiger partial charge on any atom is -0.369 e. The number of rotatable bonds is 9. The molecule has 1 heterocycles. The van der Waals surface area contributed by atoms with Crippen molar-refractivity contribution in [3.63, 3.8) is 0 Å². The van der Waals surface area contributed by atoms with Gasteiger partial charge in [0.1, 0.15) is 5.82 Å². The SMILES string of the molecule is CCCCC1CCC(C(=O)NCCS(=O)(=O)N2CCN(c3ccc(F)cc3)CC2)CC1. The van der Waals surface area contributed by atoms with E-state index in [-0.39, 0.29) is 29.9 Å². The number of nitrogens with one attached hydrogen (secondary N) is 1. The Balaban J connectivity index is 1.37. The number of nitrogens with zero attached hydrogens (tertiary/aromatic N) is 2. The van der Waals surface area contributed by atoms with Crippen molar-refractivity contribution in [1.82, 2.24) is 9.62 Å². The first-order valence-corrected chi connectivity index (χ1v) is 13.3. The number of piperazine rings is 1. The molecule has 2 aliphatic rings. The molecule has 1 saturated heterocycles. The molecule has 0 unspecified atom stereocenters. The molecule has 6 nitrogen and oxygen atoms in total. The summed E-state index contributed by atoms with van der Waals surface area (Å²) in [6.45, 7) is 4.30. The zero-order chi connectivity index (χ0) is 22.3. The van der Waals surface area contributed by atoms with E-state index in [1.807, 2.05) is 0 Å². The standard InChI is InChI=1S/C23H36FN3O3S/c1-2-3-4-19-5-7-20(8-6-19)23(28)25-13-18-31(29,30)27-16-14-26(15-17-27)22-11-9-21(24)10-12-22/h9-12,19-20H,2-8,13-18H2,1H3,(H,25,28). The zero-order valence-corrected chi connectivity index (χ0v) is 19.4. The van der Waals surface area contributed by atoms with Gasteiger partial charge >= 0.3 is 0 Å². The van der Waals surface area contributed by atoms with Crippen LogP contribution in [0.3, 0.4) is 0 Å². The predicted octanol–water partition coefficient (Wildman–Crippen LogP) is 3.39. The van der Waals surface area contributed by atoms with Crippen LogP contribution in [0.2, 0.25) is 0 Å². The van der Waals surface area contributed by atoms with Crippen molar-refractivity contribution in [1.29, 1.82) is 0 Å². The van der Waals surface area contributed by atoms with E-state index in [9.17, 15) is 17.6 Å². The molecule has 1 aliphatic carbocycles. The van der Waals surface area contributed by atoms with E-state index >= 15 is 0 Å². The highest BCUT2D eigenvalue weighted by Crippen LogP contribution is 2.32. The highest BCUT2D eigenvalue weighted by Gasteiger charge is 2.29. The number of unbranched alkanes of at least 4 members (excludes halogenated alkanes) is 1. The summed E-state index contributed by atoms with van der Waals surface area (Å²) in [5.41, 5.74) is 0.898. The molecule has 1 aromatic carbocycles. The molecule has 3 rings (SSSR count). The molecule has 1 N–H and O–H groups in total. The molecule has 0 spiro atoms. The number of hydrogen-bond acceptors (Lipinski definition) is 4. The number of carbonyl (C=O) groups excluding carboxylic acids is 1. The van der Waals surface area contributed by atoms with Crippen LogP contribution in [0.25, 0.3) is 0 Å². The van der Waals surface area contributed by atoms with Gasteiger partial charge in [-0.2, -0.15) is 4.31 Å². The molecule has 174 valence electrons. The Bertz CT molecular complexity index is 800. The van der Waals surface area contributed by atoms with E-state index in [0.29, 0.717) is 26.2 Å². The maximum atomic E-state index is 13.1. The van der Waals surface area contributed by atoms with Gasteiger partial charge in [-0.05, 0) is 55.9 Å². The third-order valence-electron chi connectivity index (χ3n) is 6.67. The minimum absolute atomic E-state index is 0.00488. The van der Waals surface area contributed by atoms with Gasteiger partial charge in [0.15, 0.2) is 0 Å². The van der Waals surface area contributed by atoms with Gasteiger partial charge in [0, 0.05) is 44.3 Å². The molecule has 1 aromatic rings. The second-order valence-corrected chi connectivity index (χ2v) is 10.9. The van der Waals surface area contributed by atoms with Crippen LogP contribution in [-0.4, -0.2) is 57.1 Å². The number of halogens is 1. The molecular weight excluding hydrogens is 417 g/mol. The molecule has 1 saturated carbocycles. The number of sulfonamides is 1. The zero-order valence-electron chi connectivity index (χ0n) is 18.6. The summed E-state index contributed by atoms with van der Waals surface area (Å²) >= 11 is 0. The first-order chi connectivity index (χ1) is 14.9. The third-order valence-corrected chi connectivity index (χ3v) is 8.54. The maximum absolute atomic E-state index is 13.1. The van der Waals surface area contributed by atoms with Crippen LogP contribution in [0.15, 0.2) is 24.3 Å². The molecule has 0 bridgehead atoms. The van der Waals surface area contributed by atoms with Gasteiger partial charge in [-0.1, -0.05) is 26.2 Å². The van der Waals surface area contributed by atoms with E-state index in [4.69, 9.17) is 0 Å². The van der Waals surface area contributed by atoms with Crippen molar-refractivity contribution in [3.05, 3.63) is 30.1 Å². The van der Waals surface area contributed by atoms with Crippen molar-refractivity contribution in [2.24, 2.45) is 11.8 Å². The largest absolute Gasteiger partial charge is 0.369 e. The number of hydrogen-bond donors (Lipinski definition) is 1. The van der Waals surface area contributed by atoms with Crippen molar-refractivity contribution in [2.45, 2.75) is 51.9 Å². The fourth-order valence-corrected chi connectivity index (χ4v) is 6.00. The molecule has 0 atom stereocenters. The summed E-state index contributed by atoms with van der Waals surface area (Å²) in [4.78, 5) is 14.5. The van der Waals surface area contributed by atoms with E-state index < -0.39 is 10.0 Å². The van der Waals surface area contributed by atoms with Gasteiger partial charge in [0.05, 0.1) is 5.75 Å². The van der Waals surface area contributed by atoms with E-state index in [1.165, 1.54) is 35.7 Å². The fourth-order valence-electron chi connectivity index (χ4n) is 4.66. The van der Waals surface area contributed by atoms with Crippen LogP contribution in [-0.2, 0) is 14.8 Å². The molecular formula is C23H36FN3O3S. The quantitative estimate of drug-likeness (QED) is 0.622. The Morgan fingerprint density at radius 3 is 2.32 bits per heavy atom. The Kier molecular flexibility index (Phi) is 8.72. The van der Waals surface area contributed by atoms with Crippen molar-refractivity contribution in [3.8, 4) is 0 Å². The smallest absolute Gasteiger partial charge is 0.223 e. The van der Waals surface area contributed by atoms with Crippen LogP contribution < -0.4 is 10.2 Å². The van der Waals surface area contributed by atoms with Crippen LogP contribution in [0.4, 0.5) is 10.1 Å². The molecule has 0 aromatic heterocycles. The number of benzene rings is 1. The summed E-state index contributed by atoms with van der Waals surface area (Å²) in [6.07, 6.45) is 7.78. The van der Waals surface area contributed by atoms with Crippen LogP contribution in [0.1, 0.15) is 51.9 Å². The normalized spacial score (nSPS) is 23.0. The van der Waals surface area contributed by atoms with E-state index in [1.54, 1.807) is 12.1 Å².